The summed E-state index contributed by atoms with van der Waals surface area (Å²) in [4.78, 5) is 24.3. The molecular weight excluding hydrogens is 410 g/mol. The molecule has 0 bridgehead atoms. The second-order valence-corrected chi connectivity index (χ2v) is 8.61. The zero-order valence-electron chi connectivity index (χ0n) is 17.0. The van der Waals surface area contributed by atoms with Gasteiger partial charge in [-0.3, -0.25) is 14.2 Å². The lowest BCUT2D eigenvalue weighted by molar-refractivity contribution is -0.119. The van der Waals surface area contributed by atoms with Crippen LogP contribution in [-0.2, 0) is 31.0 Å². The van der Waals surface area contributed by atoms with Crippen LogP contribution in [0.4, 0.5) is 4.39 Å². The van der Waals surface area contributed by atoms with Gasteiger partial charge in [-0.25, -0.2) is 4.39 Å². The highest BCUT2D eigenvalue weighted by Crippen LogP contribution is 2.51. The van der Waals surface area contributed by atoms with E-state index in [9.17, 15) is 18.5 Å². The number of benzene rings is 2. The van der Waals surface area contributed by atoms with Crippen LogP contribution < -0.4 is 11.1 Å². The molecule has 3 N–H and O–H groups in total. The van der Waals surface area contributed by atoms with Crippen LogP contribution in [0.1, 0.15) is 35.3 Å². The average Bonchev–Trinajstić information content (AvgIpc) is 2.69. The third-order valence-electron chi connectivity index (χ3n) is 4.25. The number of nitrogens with one attached hydrogen (secondary N) is 1. The number of hydrogen-bond donors (Lipinski definition) is 2. The number of carbonyl (C=O) groups is 2. The van der Waals surface area contributed by atoms with Gasteiger partial charge in [0, 0.05) is 12.0 Å². The summed E-state index contributed by atoms with van der Waals surface area (Å²) in [5, 5.41) is 2.59. The Hall–Kier alpha value is -2.54. The van der Waals surface area contributed by atoms with Gasteiger partial charge in [-0.1, -0.05) is 24.3 Å². The van der Waals surface area contributed by atoms with Crippen molar-refractivity contribution in [2.75, 3.05) is 13.2 Å². The topological polar surface area (TPSA) is 108 Å². The summed E-state index contributed by atoms with van der Waals surface area (Å²) in [6, 6.07) is 11.1. The van der Waals surface area contributed by atoms with Crippen LogP contribution in [0.25, 0.3) is 0 Å². The molecule has 0 radical (unpaired) electrons. The maximum atomic E-state index is 13.0. The number of rotatable bonds is 11. The van der Waals surface area contributed by atoms with E-state index in [4.69, 9.17) is 14.8 Å². The van der Waals surface area contributed by atoms with Crippen molar-refractivity contribution in [2.24, 2.45) is 5.73 Å². The first-order valence-electron chi connectivity index (χ1n) is 9.58. The Morgan fingerprint density at radius 1 is 1.00 bits per heavy atom. The Labute approximate surface area is 175 Å². The van der Waals surface area contributed by atoms with Crippen molar-refractivity contribution in [2.45, 2.75) is 32.5 Å². The summed E-state index contributed by atoms with van der Waals surface area (Å²) in [6.07, 6.45) is 0.233. The first-order chi connectivity index (χ1) is 14.3. The zero-order valence-corrected chi connectivity index (χ0v) is 17.9. The summed E-state index contributed by atoms with van der Waals surface area (Å²) in [5.74, 6) is -1.57. The summed E-state index contributed by atoms with van der Waals surface area (Å²) in [7, 11) is -3.25. The fraction of sp³-hybridized carbons (Fsp3) is 0.333. The highest BCUT2D eigenvalue weighted by Gasteiger charge is 2.24. The maximum Gasteiger partial charge on any atom is 0.335 e. The lowest BCUT2D eigenvalue weighted by Gasteiger charge is -2.17. The fourth-order valence-electron chi connectivity index (χ4n) is 2.83. The van der Waals surface area contributed by atoms with E-state index in [0.29, 0.717) is 16.7 Å². The molecule has 0 unspecified atom stereocenters. The zero-order chi connectivity index (χ0) is 22.1. The van der Waals surface area contributed by atoms with E-state index in [-0.39, 0.29) is 25.8 Å². The molecule has 0 saturated carbocycles. The van der Waals surface area contributed by atoms with Crippen molar-refractivity contribution < 1.29 is 27.6 Å². The van der Waals surface area contributed by atoms with Crippen molar-refractivity contribution >= 4 is 19.4 Å². The van der Waals surface area contributed by atoms with Gasteiger partial charge in [0.2, 0.25) is 5.91 Å². The normalized spacial score (nSPS) is 12.4. The van der Waals surface area contributed by atoms with Crippen molar-refractivity contribution in [3.05, 3.63) is 71.0 Å². The van der Waals surface area contributed by atoms with Crippen LogP contribution in [0.3, 0.4) is 0 Å². The minimum atomic E-state index is -3.25. The lowest BCUT2D eigenvalue weighted by atomic mass is 10.0. The minimum absolute atomic E-state index is 0.0883. The molecule has 0 aliphatic heterocycles. The molecule has 2 aromatic carbocycles. The van der Waals surface area contributed by atoms with E-state index in [1.807, 2.05) is 0 Å². The molecule has 9 heteroatoms. The van der Waals surface area contributed by atoms with Gasteiger partial charge in [0.15, 0.2) is 0 Å². The molecule has 0 aliphatic carbocycles. The van der Waals surface area contributed by atoms with Crippen LogP contribution in [0.15, 0.2) is 48.5 Å². The van der Waals surface area contributed by atoms with E-state index >= 15 is 0 Å². The molecule has 162 valence electrons. The summed E-state index contributed by atoms with van der Waals surface area (Å²) < 4.78 is 36.2. The molecule has 0 saturated heterocycles. The monoisotopic (exact) mass is 436 g/mol. The highest BCUT2D eigenvalue weighted by molar-refractivity contribution is 7.53. The Kier molecular flexibility index (Phi) is 8.72. The van der Waals surface area contributed by atoms with E-state index in [1.54, 1.807) is 38.1 Å². The van der Waals surface area contributed by atoms with Crippen molar-refractivity contribution in [1.29, 1.82) is 0 Å². The predicted octanol–water partition coefficient (Wildman–Crippen LogP) is 3.42. The van der Waals surface area contributed by atoms with Gasteiger partial charge < -0.3 is 20.1 Å². The number of primary amides is 1. The molecule has 2 rings (SSSR count). The van der Waals surface area contributed by atoms with Crippen LogP contribution in [0, 0.1) is 5.82 Å². The van der Waals surface area contributed by atoms with Gasteiger partial charge in [0.1, 0.15) is 11.9 Å². The van der Waals surface area contributed by atoms with Gasteiger partial charge in [-0.05, 0) is 49.2 Å². The van der Waals surface area contributed by atoms with E-state index in [0.717, 1.165) is 0 Å². The number of amides is 2. The molecule has 2 aromatic rings. The molecule has 0 heterocycles. The van der Waals surface area contributed by atoms with Gasteiger partial charge in [0.05, 0.1) is 19.4 Å². The first kappa shape index (κ1) is 23.7. The Bertz CT molecular complexity index is 893. The molecule has 0 aliphatic rings. The lowest BCUT2D eigenvalue weighted by Crippen LogP contribution is -2.45. The molecule has 0 fully saturated rings. The molecule has 7 nitrogen and oxygen atoms in total. The number of carbonyl (C=O) groups excluding carboxylic acids is 2. The van der Waals surface area contributed by atoms with Crippen LogP contribution in [0.5, 0.6) is 0 Å². The van der Waals surface area contributed by atoms with Crippen molar-refractivity contribution in [1.82, 2.24) is 5.32 Å². The van der Waals surface area contributed by atoms with E-state index in [1.165, 1.54) is 24.3 Å². The average molecular weight is 436 g/mol. The second-order valence-electron chi connectivity index (χ2n) is 6.56. The number of halogens is 1. The fourth-order valence-corrected chi connectivity index (χ4v) is 4.53. The molecule has 1 atom stereocenters. The second kappa shape index (κ2) is 11.0. The van der Waals surface area contributed by atoms with Gasteiger partial charge >= 0.3 is 7.60 Å². The van der Waals surface area contributed by atoms with E-state index < -0.39 is 31.3 Å². The molecule has 30 heavy (non-hydrogen) atoms. The number of nitrogens with two attached hydrogens (primary N) is 1. The maximum absolute atomic E-state index is 13.0. The van der Waals surface area contributed by atoms with Gasteiger partial charge in [0.25, 0.3) is 5.91 Å². The predicted molar refractivity (Wildman–Crippen MR) is 112 cm³/mol. The van der Waals surface area contributed by atoms with E-state index in [2.05, 4.69) is 5.32 Å². The highest BCUT2D eigenvalue weighted by atomic mass is 31.2. The minimum Gasteiger partial charge on any atom is -0.368 e. The quantitative estimate of drug-likeness (QED) is 0.525. The molecule has 0 aromatic heterocycles. The number of hydrogen-bond acceptors (Lipinski definition) is 5. The standard InChI is InChI=1S/C21H26FN2O5P/c1-3-28-30(27,29-4-2)14-16-5-9-17(10-6-16)21(26)24-19(20(23)25)13-15-7-11-18(22)12-8-15/h5-12,19H,3-4,13-14H2,1-2H3,(H2,23,25)(H,24,26)/t19-/m0/s1. The van der Waals surface area contributed by atoms with Crippen molar-refractivity contribution in [3.8, 4) is 0 Å². The Morgan fingerprint density at radius 2 is 1.53 bits per heavy atom. The third kappa shape index (κ3) is 7.06. The smallest absolute Gasteiger partial charge is 0.335 e. The first-order valence-corrected chi connectivity index (χ1v) is 11.3. The summed E-state index contributed by atoms with van der Waals surface area (Å²) >= 11 is 0. The Morgan fingerprint density at radius 3 is 2.03 bits per heavy atom. The molecular formula is C21H26FN2O5P. The van der Waals surface area contributed by atoms with Crippen LogP contribution in [0.2, 0.25) is 0 Å². The largest absolute Gasteiger partial charge is 0.368 e. The summed E-state index contributed by atoms with van der Waals surface area (Å²) in [5.41, 5.74) is 7.07. The molecule has 2 amide bonds. The van der Waals surface area contributed by atoms with Crippen LogP contribution in [-0.4, -0.2) is 31.1 Å². The summed E-state index contributed by atoms with van der Waals surface area (Å²) in [6.45, 7) is 4.00. The van der Waals surface area contributed by atoms with Gasteiger partial charge in [-0.15, -0.1) is 0 Å². The molecule has 0 spiro atoms. The van der Waals surface area contributed by atoms with Crippen molar-refractivity contribution in [3.63, 3.8) is 0 Å². The van der Waals surface area contributed by atoms with Crippen LogP contribution >= 0.6 is 7.60 Å². The van der Waals surface area contributed by atoms with Gasteiger partial charge in [-0.2, -0.15) is 0 Å². The Balaban J connectivity index is 2.05. The SMILES string of the molecule is CCOP(=O)(Cc1ccc(C(=O)N[C@@H](Cc2ccc(F)cc2)C(N)=O)cc1)OCC. The third-order valence-corrected chi connectivity index (χ3v) is 6.30.